The smallest absolute Gasteiger partial charge is 0.257 e. The van der Waals surface area contributed by atoms with E-state index in [-0.39, 0.29) is 10.9 Å². The van der Waals surface area contributed by atoms with Crippen LogP contribution in [-0.2, 0) is 4.74 Å². The van der Waals surface area contributed by atoms with Crippen LogP contribution in [0.25, 0.3) is 0 Å². The highest BCUT2D eigenvalue weighted by atomic mass is 35.5. The molecule has 1 saturated heterocycles. The Hall–Kier alpha value is -1.32. The van der Waals surface area contributed by atoms with Crippen LogP contribution >= 0.6 is 23.2 Å². The van der Waals surface area contributed by atoms with Crippen LogP contribution < -0.4 is 0 Å². The van der Waals surface area contributed by atoms with Gasteiger partial charge in [0.15, 0.2) is 0 Å². The van der Waals surface area contributed by atoms with Crippen molar-refractivity contribution in [1.82, 2.24) is 9.80 Å². The number of rotatable bonds is 4. The first-order chi connectivity index (χ1) is 11.1. The molecule has 7 heteroatoms. The van der Waals surface area contributed by atoms with E-state index in [1.165, 1.54) is 0 Å². The van der Waals surface area contributed by atoms with E-state index in [1.807, 2.05) is 0 Å². The van der Waals surface area contributed by atoms with Crippen LogP contribution in [0.3, 0.4) is 0 Å². The molecule has 1 aromatic carbocycles. The number of nitrogens with zero attached hydrogens (tertiary/aromatic N) is 3. The average Bonchev–Trinajstić information content (AvgIpc) is 2.84. The van der Waals surface area contributed by atoms with Gasteiger partial charge in [0.2, 0.25) is 0 Å². The normalized spacial score (nSPS) is 21.3. The van der Waals surface area contributed by atoms with Crippen molar-refractivity contribution < 1.29 is 9.53 Å². The standard InChI is InChI=1S/C16H17Cl2N3O2/c17-12-3-2-11-13(10-19)21(16(22)14(11)15(12)18)5-1-4-20-6-8-23-9-7-20/h2-3,13H,1,4-9H2. The second-order valence-corrected chi connectivity index (χ2v) is 6.45. The fourth-order valence-corrected chi connectivity index (χ4v) is 3.51. The van der Waals surface area contributed by atoms with E-state index >= 15 is 0 Å². The van der Waals surface area contributed by atoms with Crippen molar-refractivity contribution in [2.24, 2.45) is 0 Å². The van der Waals surface area contributed by atoms with Gasteiger partial charge in [0, 0.05) is 31.7 Å². The number of amides is 1. The quantitative estimate of drug-likeness (QED) is 0.834. The lowest BCUT2D eigenvalue weighted by atomic mass is 10.1. The van der Waals surface area contributed by atoms with Gasteiger partial charge in [-0.3, -0.25) is 9.69 Å². The van der Waals surface area contributed by atoms with Gasteiger partial charge in [-0.2, -0.15) is 5.26 Å². The Kier molecular flexibility index (Phi) is 5.08. The Morgan fingerprint density at radius 3 is 2.70 bits per heavy atom. The molecule has 1 unspecified atom stereocenters. The van der Waals surface area contributed by atoms with Crippen molar-refractivity contribution in [2.75, 3.05) is 39.4 Å². The maximum atomic E-state index is 12.6. The average molecular weight is 354 g/mol. The van der Waals surface area contributed by atoms with Crippen molar-refractivity contribution in [1.29, 1.82) is 5.26 Å². The Labute approximate surface area is 145 Å². The lowest BCUT2D eigenvalue weighted by Gasteiger charge is -2.27. The first-order valence-corrected chi connectivity index (χ1v) is 8.37. The molecule has 2 aliphatic rings. The molecule has 0 aromatic heterocycles. The van der Waals surface area contributed by atoms with E-state index in [1.54, 1.807) is 17.0 Å². The van der Waals surface area contributed by atoms with Gasteiger partial charge in [-0.25, -0.2) is 0 Å². The van der Waals surface area contributed by atoms with Crippen molar-refractivity contribution in [3.8, 4) is 6.07 Å². The van der Waals surface area contributed by atoms with E-state index in [2.05, 4.69) is 11.0 Å². The van der Waals surface area contributed by atoms with Crippen molar-refractivity contribution in [3.63, 3.8) is 0 Å². The molecule has 1 fully saturated rings. The van der Waals surface area contributed by atoms with Gasteiger partial charge in [-0.05, 0) is 12.5 Å². The monoisotopic (exact) mass is 353 g/mol. The molecule has 5 nitrogen and oxygen atoms in total. The molecular formula is C16H17Cl2N3O2. The number of morpholine rings is 1. The predicted molar refractivity (Wildman–Crippen MR) is 87.7 cm³/mol. The zero-order valence-electron chi connectivity index (χ0n) is 12.6. The molecule has 0 saturated carbocycles. The van der Waals surface area contributed by atoms with Crippen LogP contribution in [0.1, 0.15) is 28.4 Å². The molecule has 1 atom stereocenters. The number of hydrogen-bond acceptors (Lipinski definition) is 4. The summed E-state index contributed by atoms with van der Waals surface area (Å²) in [7, 11) is 0. The molecule has 1 amide bonds. The zero-order valence-corrected chi connectivity index (χ0v) is 14.1. The molecule has 0 spiro atoms. The minimum atomic E-state index is -0.586. The van der Waals surface area contributed by atoms with Crippen molar-refractivity contribution in [2.45, 2.75) is 12.5 Å². The van der Waals surface area contributed by atoms with Gasteiger partial charge in [0.1, 0.15) is 6.04 Å². The number of carbonyl (C=O) groups excluding carboxylic acids is 1. The van der Waals surface area contributed by atoms with E-state index in [9.17, 15) is 10.1 Å². The summed E-state index contributed by atoms with van der Waals surface area (Å²) in [4.78, 5) is 16.5. The molecule has 0 aliphatic carbocycles. The second-order valence-electron chi connectivity index (χ2n) is 5.66. The number of carbonyl (C=O) groups is 1. The number of fused-ring (bicyclic) bond motifs is 1. The summed E-state index contributed by atoms with van der Waals surface area (Å²) in [6.07, 6.45) is 0.809. The molecule has 23 heavy (non-hydrogen) atoms. The van der Waals surface area contributed by atoms with Crippen LogP contribution in [0.4, 0.5) is 0 Å². The van der Waals surface area contributed by atoms with Crippen molar-refractivity contribution in [3.05, 3.63) is 33.3 Å². The van der Waals surface area contributed by atoms with Crippen molar-refractivity contribution >= 4 is 29.1 Å². The molecule has 0 bridgehead atoms. The molecule has 3 rings (SSSR count). The zero-order chi connectivity index (χ0) is 16.4. The number of benzene rings is 1. The molecule has 0 radical (unpaired) electrons. The summed E-state index contributed by atoms with van der Waals surface area (Å²) in [6, 6.07) is 4.98. The number of hydrogen-bond donors (Lipinski definition) is 0. The Morgan fingerprint density at radius 1 is 1.26 bits per heavy atom. The minimum absolute atomic E-state index is 0.207. The number of halogens is 2. The summed E-state index contributed by atoms with van der Waals surface area (Å²) in [5.41, 5.74) is 1.02. The van der Waals surface area contributed by atoms with E-state index in [4.69, 9.17) is 27.9 Å². The predicted octanol–water partition coefficient (Wildman–Crippen LogP) is 2.74. The van der Waals surface area contributed by atoms with Gasteiger partial charge >= 0.3 is 0 Å². The van der Waals surface area contributed by atoms with Crippen LogP contribution in [0.2, 0.25) is 10.0 Å². The lowest BCUT2D eigenvalue weighted by molar-refractivity contribution is 0.0355. The fourth-order valence-electron chi connectivity index (χ4n) is 3.10. The van der Waals surface area contributed by atoms with Crippen LogP contribution in [-0.4, -0.2) is 55.1 Å². The molecule has 122 valence electrons. The third-order valence-corrected chi connectivity index (χ3v) is 5.11. The highest BCUT2D eigenvalue weighted by Crippen LogP contribution is 2.40. The molecule has 2 heterocycles. The first-order valence-electron chi connectivity index (χ1n) is 7.62. The van der Waals surface area contributed by atoms with Crippen LogP contribution in [0, 0.1) is 11.3 Å². The summed E-state index contributed by atoms with van der Waals surface area (Å²) in [5.74, 6) is -0.207. The van der Waals surface area contributed by atoms with E-state index < -0.39 is 6.04 Å². The summed E-state index contributed by atoms with van der Waals surface area (Å²) in [6.45, 7) is 4.74. The maximum absolute atomic E-state index is 12.6. The van der Waals surface area contributed by atoms with Crippen LogP contribution in [0.15, 0.2) is 12.1 Å². The molecule has 2 aliphatic heterocycles. The third-order valence-electron chi connectivity index (χ3n) is 4.31. The SMILES string of the molecule is N#CC1c2ccc(Cl)c(Cl)c2C(=O)N1CCCN1CCOCC1. The highest BCUT2D eigenvalue weighted by molar-refractivity contribution is 6.44. The molecule has 0 N–H and O–H groups in total. The second kappa shape index (κ2) is 7.06. The molecule has 1 aromatic rings. The number of ether oxygens (including phenoxy) is 1. The first kappa shape index (κ1) is 16.5. The lowest BCUT2D eigenvalue weighted by Crippen LogP contribution is -2.38. The van der Waals surface area contributed by atoms with Gasteiger partial charge < -0.3 is 9.64 Å². The van der Waals surface area contributed by atoms with E-state index in [0.717, 1.165) is 39.3 Å². The largest absolute Gasteiger partial charge is 0.379 e. The van der Waals surface area contributed by atoms with Gasteiger partial charge in [0.25, 0.3) is 5.91 Å². The Morgan fingerprint density at radius 2 is 2.00 bits per heavy atom. The van der Waals surface area contributed by atoms with Gasteiger partial charge in [0.05, 0.1) is 34.9 Å². The Balaban J connectivity index is 1.69. The molecular weight excluding hydrogens is 337 g/mol. The highest BCUT2D eigenvalue weighted by Gasteiger charge is 2.38. The van der Waals surface area contributed by atoms with E-state index in [0.29, 0.717) is 22.7 Å². The number of nitriles is 1. The van der Waals surface area contributed by atoms with Gasteiger partial charge in [-0.15, -0.1) is 0 Å². The maximum Gasteiger partial charge on any atom is 0.257 e. The summed E-state index contributed by atoms with van der Waals surface area (Å²) >= 11 is 12.2. The van der Waals surface area contributed by atoms with Crippen LogP contribution in [0.5, 0.6) is 0 Å². The Bertz CT molecular complexity index is 653. The third kappa shape index (κ3) is 3.17. The summed E-state index contributed by atoms with van der Waals surface area (Å²) in [5, 5.41) is 10.0. The minimum Gasteiger partial charge on any atom is -0.379 e. The van der Waals surface area contributed by atoms with Gasteiger partial charge in [-0.1, -0.05) is 29.3 Å². The topological polar surface area (TPSA) is 56.6 Å². The summed E-state index contributed by atoms with van der Waals surface area (Å²) < 4.78 is 5.32. The fraction of sp³-hybridized carbons (Fsp3) is 0.500.